The summed E-state index contributed by atoms with van der Waals surface area (Å²) in [7, 11) is 0. The quantitative estimate of drug-likeness (QED) is 0.849. The van der Waals surface area contributed by atoms with Crippen molar-refractivity contribution in [2.24, 2.45) is 0 Å². The third-order valence-corrected chi connectivity index (χ3v) is 4.29. The molecule has 0 spiro atoms. The zero-order chi connectivity index (χ0) is 13.1. The lowest BCUT2D eigenvalue weighted by molar-refractivity contribution is -0.00458. The van der Waals surface area contributed by atoms with E-state index in [0.717, 1.165) is 23.8 Å². The van der Waals surface area contributed by atoms with E-state index < -0.39 is 0 Å². The second-order valence-corrected chi connectivity index (χ2v) is 5.97. The number of aliphatic hydroxyl groups excluding tert-OH is 1. The zero-order valence-corrected chi connectivity index (χ0v) is 12.3. The van der Waals surface area contributed by atoms with Crippen molar-refractivity contribution >= 4 is 11.3 Å². The predicted octanol–water partition coefficient (Wildman–Crippen LogP) is 2.48. The number of likely N-dealkylation sites (N-methyl/N-ethyl adjacent to an activating group) is 1. The second kappa shape index (κ2) is 5.94. The molecule has 1 heterocycles. The van der Waals surface area contributed by atoms with Gasteiger partial charge in [-0.3, -0.25) is 4.90 Å². The number of rotatable bonds is 6. The molecule has 1 aromatic heterocycles. The van der Waals surface area contributed by atoms with Crippen LogP contribution in [-0.4, -0.2) is 39.7 Å². The summed E-state index contributed by atoms with van der Waals surface area (Å²) in [5, 5.41) is 13.5. The number of nitrogens with zero attached hydrogens (tertiary/aromatic N) is 2. The van der Waals surface area contributed by atoms with E-state index in [9.17, 15) is 5.11 Å². The summed E-state index contributed by atoms with van der Waals surface area (Å²) in [5.41, 5.74) is 0.793. The van der Waals surface area contributed by atoms with Crippen molar-refractivity contribution in [3.05, 3.63) is 16.1 Å². The molecule has 4 heteroatoms. The molecule has 0 aliphatic carbocycles. The summed E-state index contributed by atoms with van der Waals surface area (Å²) in [6.07, 6.45) is 0.247. The van der Waals surface area contributed by atoms with E-state index in [0.29, 0.717) is 6.42 Å². The Morgan fingerprint density at radius 2 is 2.00 bits per heavy atom. The Labute approximate surface area is 108 Å². The number of hydrogen-bond acceptors (Lipinski definition) is 4. The molecule has 0 saturated heterocycles. The third kappa shape index (κ3) is 3.50. The van der Waals surface area contributed by atoms with Crippen LogP contribution in [0.3, 0.4) is 0 Å². The molecule has 1 atom stereocenters. The van der Waals surface area contributed by atoms with Crippen LogP contribution in [0.15, 0.2) is 5.38 Å². The van der Waals surface area contributed by atoms with Gasteiger partial charge in [0.1, 0.15) is 0 Å². The number of hydrogen-bond donors (Lipinski definition) is 1. The predicted molar refractivity (Wildman–Crippen MR) is 73.6 cm³/mol. The molecule has 98 valence electrons. The molecule has 0 saturated carbocycles. The van der Waals surface area contributed by atoms with E-state index in [2.05, 4.69) is 37.6 Å². The molecule has 0 aromatic carbocycles. The first-order chi connectivity index (χ1) is 7.91. The minimum atomic E-state index is -0.385. The smallest absolute Gasteiger partial charge is 0.0897 e. The minimum absolute atomic E-state index is 0.207. The van der Waals surface area contributed by atoms with Gasteiger partial charge in [0, 0.05) is 17.3 Å². The molecule has 17 heavy (non-hydrogen) atoms. The monoisotopic (exact) mass is 256 g/mol. The maximum Gasteiger partial charge on any atom is 0.0897 e. The molecule has 1 N–H and O–H groups in total. The van der Waals surface area contributed by atoms with Crippen LogP contribution in [0.25, 0.3) is 0 Å². The van der Waals surface area contributed by atoms with Crippen molar-refractivity contribution in [2.75, 3.05) is 13.1 Å². The Morgan fingerprint density at radius 3 is 2.41 bits per heavy atom. The topological polar surface area (TPSA) is 36.4 Å². The van der Waals surface area contributed by atoms with Gasteiger partial charge in [-0.1, -0.05) is 13.8 Å². The Hall–Kier alpha value is -0.450. The van der Waals surface area contributed by atoms with Gasteiger partial charge in [0.15, 0.2) is 0 Å². The summed E-state index contributed by atoms with van der Waals surface area (Å²) < 4.78 is 0. The van der Waals surface area contributed by atoms with Gasteiger partial charge >= 0.3 is 0 Å². The van der Waals surface area contributed by atoms with Gasteiger partial charge in [-0.2, -0.15) is 0 Å². The van der Waals surface area contributed by atoms with Crippen LogP contribution in [0.2, 0.25) is 0 Å². The molecule has 0 radical (unpaired) electrons. The highest BCUT2D eigenvalue weighted by Crippen LogP contribution is 2.22. The Kier molecular flexibility index (Phi) is 5.10. The van der Waals surface area contributed by atoms with Gasteiger partial charge in [-0.25, -0.2) is 4.98 Å². The molecule has 3 nitrogen and oxygen atoms in total. The first-order valence-corrected chi connectivity index (χ1v) is 7.13. The first kappa shape index (κ1) is 14.6. The van der Waals surface area contributed by atoms with Gasteiger partial charge in [0.05, 0.1) is 16.8 Å². The molecular weight excluding hydrogens is 232 g/mol. The highest BCUT2D eigenvalue weighted by molar-refractivity contribution is 7.09. The largest absolute Gasteiger partial charge is 0.391 e. The number of aliphatic hydroxyl groups is 1. The van der Waals surface area contributed by atoms with Crippen LogP contribution in [-0.2, 0) is 6.42 Å². The lowest BCUT2D eigenvalue weighted by Gasteiger charge is -2.40. The summed E-state index contributed by atoms with van der Waals surface area (Å²) in [6.45, 7) is 12.4. The van der Waals surface area contributed by atoms with E-state index >= 15 is 0 Å². The van der Waals surface area contributed by atoms with Crippen LogP contribution >= 0.6 is 11.3 Å². The summed E-state index contributed by atoms with van der Waals surface area (Å²) in [5.74, 6) is 0. The second-order valence-electron chi connectivity index (χ2n) is 4.90. The molecule has 0 bridgehead atoms. The summed E-state index contributed by atoms with van der Waals surface area (Å²) in [6, 6.07) is 0. The number of aromatic nitrogens is 1. The Balaban J connectivity index is 2.71. The van der Waals surface area contributed by atoms with E-state index in [1.54, 1.807) is 11.3 Å². The van der Waals surface area contributed by atoms with Crippen LogP contribution < -0.4 is 0 Å². The number of aryl methyl sites for hydroxylation is 1. The maximum atomic E-state index is 10.4. The van der Waals surface area contributed by atoms with Crippen molar-refractivity contribution in [1.82, 2.24) is 9.88 Å². The summed E-state index contributed by atoms with van der Waals surface area (Å²) >= 11 is 1.64. The third-order valence-electron chi connectivity index (χ3n) is 3.46. The molecule has 0 amide bonds. The highest BCUT2D eigenvalue weighted by Gasteiger charge is 2.32. The SMILES string of the molecule is CCN(CC)C(C)(C)C(O)Cc1csc(C)n1. The van der Waals surface area contributed by atoms with E-state index in [1.807, 2.05) is 12.3 Å². The number of thiazole rings is 1. The average molecular weight is 256 g/mol. The van der Waals surface area contributed by atoms with Gasteiger partial charge in [0.25, 0.3) is 0 Å². The molecular formula is C13H24N2OS. The highest BCUT2D eigenvalue weighted by atomic mass is 32.1. The van der Waals surface area contributed by atoms with Gasteiger partial charge in [-0.15, -0.1) is 11.3 Å². The average Bonchev–Trinajstić information content (AvgIpc) is 2.65. The fourth-order valence-electron chi connectivity index (χ4n) is 2.20. The van der Waals surface area contributed by atoms with Crippen molar-refractivity contribution in [2.45, 2.75) is 52.7 Å². The Morgan fingerprint density at radius 1 is 1.41 bits per heavy atom. The van der Waals surface area contributed by atoms with Crippen LogP contribution in [0.5, 0.6) is 0 Å². The van der Waals surface area contributed by atoms with Gasteiger partial charge in [-0.05, 0) is 33.9 Å². The lowest BCUT2D eigenvalue weighted by Crippen LogP contribution is -2.53. The van der Waals surface area contributed by atoms with Crippen molar-refractivity contribution in [3.8, 4) is 0 Å². The van der Waals surface area contributed by atoms with Crippen molar-refractivity contribution < 1.29 is 5.11 Å². The standard InChI is InChI=1S/C13H24N2OS/c1-6-15(7-2)13(4,5)12(16)8-11-9-17-10(3)14-11/h9,12,16H,6-8H2,1-5H3. The molecule has 0 aliphatic heterocycles. The van der Waals surface area contributed by atoms with Crippen molar-refractivity contribution in [3.63, 3.8) is 0 Å². The first-order valence-electron chi connectivity index (χ1n) is 6.25. The van der Waals surface area contributed by atoms with Crippen LogP contribution in [0.4, 0.5) is 0 Å². The van der Waals surface area contributed by atoms with Gasteiger partial charge in [0.2, 0.25) is 0 Å². The molecule has 1 aromatic rings. The van der Waals surface area contributed by atoms with Gasteiger partial charge < -0.3 is 5.11 Å². The van der Waals surface area contributed by atoms with Crippen LogP contribution in [0.1, 0.15) is 38.4 Å². The normalized spacial score (nSPS) is 14.3. The molecule has 0 aliphatic rings. The lowest BCUT2D eigenvalue weighted by atomic mass is 9.91. The Bertz CT molecular complexity index is 345. The fourth-order valence-corrected chi connectivity index (χ4v) is 2.82. The maximum absolute atomic E-state index is 10.4. The molecule has 0 fully saturated rings. The minimum Gasteiger partial charge on any atom is -0.391 e. The van der Waals surface area contributed by atoms with Crippen molar-refractivity contribution in [1.29, 1.82) is 0 Å². The summed E-state index contributed by atoms with van der Waals surface area (Å²) in [4.78, 5) is 6.70. The zero-order valence-electron chi connectivity index (χ0n) is 11.5. The van der Waals surface area contributed by atoms with E-state index in [-0.39, 0.29) is 11.6 Å². The van der Waals surface area contributed by atoms with Crippen LogP contribution in [0, 0.1) is 6.92 Å². The molecule has 1 rings (SSSR count). The van der Waals surface area contributed by atoms with E-state index in [1.165, 1.54) is 0 Å². The molecule has 1 unspecified atom stereocenters. The van der Waals surface area contributed by atoms with E-state index in [4.69, 9.17) is 0 Å². The fraction of sp³-hybridized carbons (Fsp3) is 0.769.